The minimum absolute atomic E-state index is 0.0892. The molecule has 1 heterocycles. The van der Waals surface area contributed by atoms with Gasteiger partial charge in [0, 0.05) is 16.5 Å². The molecule has 0 saturated heterocycles. The summed E-state index contributed by atoms with van der Waals surface area (Å²) in [6, 6.07) is 5.94. The smallest absolute Gasteiger partial charge is 0.258 e. The Labute approximate surface area is 94.1 Å². The highest BCUT2D eigenvalue weighted by molar-refractivity contribution is 6.09. The SMILES string of the molecule is O=C([O-])c1c(C(=O)[O-])c2ccccc2[nH]c1=O. The van der Waals surface area contributed by atoms with E-state index in [4.69, 9.17) is 0 Å². The summed E-state index contributed by atoms with van der Waals surface area (Å²) in [5.74, 6) is -3.58. The molecule has 86 valence electrons. The first-order chi connectivity index (χ1) is 8.02. The van der Waals surface area contributed by atoms with Crippen LogP contribution in [0.3, 0.4) is 0 Å². The van der Waals surface area contributed by atoms with Crippen LogP contribution in [0, 0.1) is 0 Å². The lowest BCUT2D eigenvalue weighted by atomic mass is 10.0. The highest BCUT2D eigenvalue weighted by atomic mass is 16.4. The summed E-state index contributed by atoms with van der Waals surface area (Å²) in [4.78, 5) is 35.4. The molecular weight excluding hydrogens is 226 g/mol. The molecule has 2 rings (SSSR count). The molecule has 17 heavy (non-hydrogen) atoms. The van der Waals surface area contributed by atoms with Crippen molar-refractivity contribution >= 4 is 22.8 Å². The molecule has 6 heteroatoms. The molecule has 1 N–H and O–H groups in total. The van der Waals surface area contributed by atoms with Gasteiger partial charge in [-0.05, 0) is 6.07 Å². The highest BCUT2D eigenvalue weighted by Gasteiger charge is 2.13. The van der Waals surface area contributed by atoms with E-state index in [0.29, 0.717) is 0 Å². The molecule has 0 aliphatic rings. The van der Waals surface area contributed by atoms with Gasteiger partial charge in [-0.15, -0.1) is 0 Å². The number of carbonyl (C=O) groups is 2. The van der Waals surface area contributed by atoms with Crippen LogP contribution in [0.5, 0.6) is 0 Å². The van der Waals surface area contributed by atoms with Gasteiger partial charge < -0.3 is 24.8 Å². The number of fused-ring (bicyclic) bond motifs is 1. The first-order valence-corrected chi connectivity index (χ1v) is 4.60. The third-order valence-electron chi connectivity index (χ3n) is 2.33. The lowest BCUT2D eigenvalue weighted by molar-refractivity contribution is -0.259. The second-order valence-corrected chi connectivity index (χ2v) is 3.32. The van der Waals surface area contributed by atoms with Gasteiger partial charge in [0.15, 0.2) is 0 Å². The van der Waals surface area contributed by atoms with Gasteiger partial charge in [-0.3, -0.25) is 4.79 Å². The number of carbonyl (C=O) groups excluding carboxylic acids is 2. The van der Waals surface area contributed by atoms with Crippen LogP contribution >= 0.6 is 0 Å². The Morgan fingerprint density at radius 2 is 1.59 bits per heavy atom. The minimum atomic E-state index is -1.85. The first kappa shape index (κ1) is 10.9. The number of para-hydroxylation sites is 1. The molecule has 0 bridgehead atoms. The Bertz CT molecular complexity index is 686. The Morgan fingerprint density at radius 3 is 2.18 bits per heavy atom. The summed E-state index contributed by atoms with van der Waals surface area (Å²) in [5, 5.41) is 21.8. The standard InChI is InChI=1S/C11H7NO5/c13-9-8(11(16)17)7(10(14)15)5-3-1-2-4-6(5)12-9/h1-4H,(H,12,13)(H,14,15)(H,16,17)/p-2. The molecule has 6 nitrogen and oxygen atoms in total. The van der Waals surface area contributed by atoms with E-state index in [9.17, 15) is 24.6 Å². The molecule has 0 aliphatic carbocycles. The van der Waals surface area contributed by atoms with E-state index < -0.39 is 28.6 Å². The quantitative estimate of drug-likeness (QED) is 0.658. The van der Waals surface area contributed by atoms with Crippen LogP contribution in [0.1, 0.15) is 20.7 Å². The summed E-state index contributed by atoms with van der Waals surface area (Å²) in [6.45, 7) is 0. The van der Waals surface area contributed by atoms with Crippen molar-refractivity contribution in [2.45, 2.75) is 0 Å². The molecule has 0 amide bonds. The average molecular weight is 231 g/mol. The number of aromatic carboxylic acids is 2. The largest absolute Gasteiger partial charge is 0.545 e. The number of H-pyrrole nitrogens is 1. The van der Waals surface area contributed by atoms with Crippen LogP contribution in [0.25, 0.3) is 10.9 Å². The van der Waals surface area contributed by atoms with Gasteiger partial charge in [0.25, 0.3) is 5.56 Å². The molecule has 0 atom stereocenters. The summed E-state index contributed by atoms with van der Waals surface area (Å²) in [7, 11) is 0. The van der Waals surface area contributed by atoms with Gasteiger partial charge in [0.05, 0.1) is 17.5 Å². The average Bonchev–Trinajstić information content (AvgIpc) is 2.26. The number of carboxylic acid groups (broad SMARTS) is 2. The molecule has 0 unspecified atom stereocenters. The summed E-state index contributed by atoms with van der Waals surface area (Å²) in [6.07, 6.45) is 0. The van der Waals surface area contributed by atoms with Crippen molar-refractivity contribution in [1.29, 1.82) is 0 Å². The number of aromatic amines is 1. The maximum atomic E-state index is 11.4. The predicted octanol–water partition coefficient (Wildman–Crippen LogP) is -1.74. The Morgan fingerprint density at radius 1 is 1.00 bits per heavy atom. The van der Waals surface area contributed by atoms with Crippen LogP contribution in [-0.4, -0.2) is 16.9 Å². The number of carboxylic acids is 2. The number of rotatable bonds is 2. The van der Waals surface area contributed by atoms with Crippen molar-refractivity contribution in [3.63, 3.8) is 0 Å². The third-order valence-corrected chi connectivity index (χ3v) is 2.33. The highest BCUT2D eigenvalue weighted by Crippen LogP contribution is 2.16. The van der Waals surface area contributed by atoms with Crippen molar-refractivity contribution in [2.24, 2.45) is 0 Å². The fourth-order valence-electron chi connectivity index (χ4n) is 1.65. The van der Waals surface area contributed by atoms with E-state index in [-0.39, 0.29) is 10.9 Å². The molecular formula is C11H5NO5-2. The van der Waals surface area contributed by atoms with E-state index >= 15 is 0 Å². The summed E-state index contributed by atoms with van der Waals surface area (Å²) in [5.41, 5.74) is -2.39. The zero-order valence-corrected chi connectivity index (χ0v) is 8.35. The van der Waals surface area contributed by atoms with E-state index in [1.165, 1.54) is 18.2 Å². The number of benzene rings is 1. The molecule has 0 fully saturated rings. The van der Waals surface area contributed by atoms with Crippen molar-refractivity contribution in [2.75, 3.05) is 0 Å². The van der Waals surface area contributed by atoms with Gasteiger partial charge in [-0.1, -0.05) is 18.2 Å². The minimum Gasteiger partial charge on any atom is -0.545 e. The third kappa shape index (κ3) is 1.65. The lowest BCUT2D eigenvalue weighted by Crippen LogP contribution is -2.36. The Kier molecular flexibility index (Phi) is 2.40. The molecule has 0 spiro atoms. The lowest BCUT2D eigenvalue weighted by Gasteiger charge is -2.13. The van der Waals surface area contributed by atoms with E-state index in [2.05, 4.69) is 4.98 Å². The second kappa shape index (κ2) is 3.75. The Hall–Kier alpha value is -2.63. The Balaban J connectivity index is 3.04. The van der Waals surface area contributed by atoms with E-state index in [1.807, 2.05) is 0 Å². The van der Waals surface area contributed by atoms with E-state index in [0.717, 1.165) is 0 Å². The second-order valence-electron chi connectivity index (χ2n) is 3.32. The number of pyridine rings is 1. The van der Waals surface area contributed by atoms with Crippen molar-refractivity contribution in [3.8, 4) is 0 Å². The fourth-order valence-corrected chi connectivity index (χ4v) is 1.65. The zero-order valence-electron chi connectivity index (χ0n) is 8.35. The predicted molar refractivity (Wildman–Crippen MR) is 53.2 cm³/mol. The van der Waals surface area contributed by atoms with Crippen LogP contribution in [-0.2, 0) is 0 Å². The normalized spacial score (nSPS) is 10.4. The summed E-state index contributed by atoms with van der Waals surface area (Å²) >= 11 is 0. The molecule has 0 radical (unpaired) electrons. The molecule has 0 saturated carbocycles. The molecule has 2 aromatic rings. The number of nitrogens with one attached hydrogen (secondary N) is 1. The molecule has 1 aromatic carbocycles. The van der Waals surface area contributed by atoms with Crippen LogP contribution in [0.15, 0.2) is 29.1 Å². The maximum absolute atomic E-state index is 11.4. The fraction of sp³-hybridized carbons (Fsp3) is 0. The van der Waals surface area contributed by atoms with Gasteiger partial charge in [-0.2, -0.15) is 0 Å². The number of hydrogen-bond acceptors (Lipinski definition) is 5. The van der Waals surface area contributed by atoms with Gasteiger partial charge >= 0.3 is 0 Å². The zero-order chi connectivity index (χ0) is 12.6. The van der Waals surface area contributed by atoms with Crippen LogP contribution < -0.4 is 15.8 Å². The van der Waals surface area contributed by atoms with Gasteiger partial charge in [0.1, 0.15) is 0 Å². The van der Waals surface area contributed by atoms with E-state index in [1.54, 1.807) is 6.07 Å². The van der Waals surface area contributed by atoms with Crippen molar-refractivity contribution in [3.05, 3.63) is 45.7 Å². The number of aromatic nitrogens is 1. The van der Waals surface area contributed by atoms with Gasteiger partial charge in [-0.25, -0.2) is 0 Å². The van der Waals surface area contributed by atoms with Crippen LogP contribution in [0.4, 0.5) is 0 Å². The van der Waals surface area contributed by atoms with Gasteiger partial charge in [0.2, 0.25) is 0 Å². The molecule has 1 aromatic heterocycles. The monoisotopic (exact) mass is 231 g/mol. The van der Waals surface area contributed by atoms with Crippen molar-refractivity contribution in [1.82, 2.24) is 4.98 Å². The van der Waals surface area contributed by atoms with Crippen LogP contribution in [0.2, 0.25) is 0 Å². The first-order valence-electron chi connectivity index (χ1n) is 4.60. The topological polar surface area (TPSA) is 113 Å². The molecule has 0 aliphatic heterocycles. The maximum Gasteiger partial charge on any atom is 0.258 e. The number of hydrogen-bond donors (Lipinski definition) is 1. The van der Waals surface area contributed by atoms with Crippen molar-refractivity contribution < 1.29 is 19.8 Å². The summed E-state index contributed by atoms with van der Waals surface area (Å²) < 4.78 is 0.